The van der Waals surface area contributed by atoms with E-state index in [2.05, 4.69) is 38.9 Å². The van der Waals surface area contributed by atoms with Gasteiger partial charge >= 0.3 is 0 Å². The van der Waals surface area contributed by atoms with Crippen LogP contribution in [0.25, 0.3) is 11.3 Å². The molecular weight excluding hydrogens is 321 g/mol. The minimum atomic E-state index is -0.265. The van der Waals surface area contributed by atoms with E-state index in [1.807, 2.05) is 24.3 Å². The van der Waals surface area contributed by atoms with Gasteiger partial charge in [-0.05, 0) is 23.3 Å². The van der Waals surface area contributed by atoms with E-state index in [-0.39, 0.29) is 5.82 Å². The number of thiazole rings is 1. The van der Waals surface area contributed by atoms with Crippen molar-refractivity contribution in [2.24, 2.45) is 10.2 Å². The van der Waals surface area contributed by atoms with Crippen LogP contribution in [0.15, 0.2) is 82.8 Å². The van der Waals surface area contributed by atoms with Crippen LogP contribution < -0.4 is 4.80 Å². The van der Waals surface area contributed by atoms with Crippen LogP contribution >= 0.6 is 11.3 Å². The summed E-state index contributed by atoms with van der Waals surface area (Å²) in [6.45, 7) is 4.47. The summed E-state index contributed by atoms with van der Waals surface area (Å²) in [5, 5.41) is 10.5. The fourth-order valence-electron chi connectivity index (χ4n) is 2.25. The van der Waals surface area contributed by atoms with Crippen molar-refractivity contribution in [3.05, 3.63) is 88.8 Å². The SMILES string of the molecule is C=CCn1c(-c2ccccc2)csc1=NN=Cc1ccc(F)cc1. The van der Waals surface area contributed by atoms with Gasteiger partial charge in [0, 0.05) is 11.9 Å². The van der Waals surface area contributed by atoms with Gasteiger partial charge in [-0.3, -0.25) is 0 Å². The van der Waals surface area contributed by atoms with E-state index in [4.69, 9.17) is 0 Å². The third-order valence-electron chi connectivity index (χ3n) is 3.40. The Kier molecular flexibility index (Phi) is 5.13. The maximum Gasteiger partial charge on any atom is 0.211 e. The molecule has 3 aromatic rings. The number of halogens is 1. The van der Waals surface area contributed by atoms with Crippen molar-refractivity contribution >= 4 is 17.6 Å². The van der Waals surface area contributed by atoms with Gasteiger partial charge in [0.05, 0.1) is 11.9 Å². The highest BCUT2D eigenvalue weighted by atomic mass is 32.1. The number of benzene rings is 2. The van der Waals surface area contributed by atoms with Crippen LogP contribution in [-0.2, 0) is 6.54 Å². The Morgan fingerprint density at radius 1 is 1.08 bits per heavy atom. The lowest BCUT2D eigenvalue weighted by molar-refractivity contribution is 0.628. The second-order valence-corrected chi connectivity index (χ2v) is 5.90. The van der Waals surface area contributed by atoms with Gasteiger partial charge < -0.3 is 4.57 Å². The molecule has 0 unspecified atom stereocenters. The van der Waals surface area contributed by atoms with Gasteiger partial charge in [-0.15, -0.1) is 23.0 Å². The summed E-state index contributed by atoms with van der Waals surface area (Å²) >= 11 is 1.52. The van der Waals surface area contributed by atoms with E-state index in [1.165, 1.54) is 23.5 Å². The van der Waals surface area contributed by atoms with E-state index in [0.29, 0.717) is 6.54 Å². The third kappa shape index (κ3) is 3.75. The highest BCUT2D eigenvalue weighted by Gasteiger charge is 2.06. The zero-order valence-corrected chi connectivity index (χ0v) is 13.8. The summed E-state index contributed by atoms with van der Waals surface area (Å²) in [5.74, 6) is -0.265. The average Bonchev–Trinajstić information content (AvgIpc) is 3.01. The minimum absolute atomic E-state index is 0.265. The smallest absolute Gasteiger partial charge is 0.211 e. The molecule has 0 fully saturated rings. The quantitative estimate of drug-likeness (QED) is 0.373. The van der Waals surface area contributed by atoms with Gasteiger partial charge in [0.1, 0.15) is 5.82 Å². The number of rotatable bonds is 5. The van der Waals surface area contributed by atoms with Gasteiger partial charge in [-0.1, -0.05) is 48.5 Å². The molecular formula is C19H16FN3S. The number of allylic oxidation sites excluding steroid dienone is 1. The van der Waals surface area contributed by atoms with Crippen molar-refractivity contribution in [2.45, 2.75) is 6.54 Å². The maximum absolute atomic E-state index is 12.9. The van der Waals surface area contributed by atoms with Crippen molar-refractivity contribution < 1.29 is 4.39 Å². The average molecular weight is 337 g/mol. The Bertz CT molecular complexity index is 906. The van der Waals surface area contributed by atoms with Crippen LogP contribution in [0, 0.1) is 5.82 Å². The first kappa shape index (κ1) is 16.1. The molecule has 0 atom stereocenters. The first-order chi connectivity index (χ1) is 11.8. The van der Waals surface area contributed by atoms with Crippen LogP contribution in [0.1, 0.15) is 5.56 Å². The molecule has 0 bridgehead atoms. The Morgan fingerprint density at radius 3 is 2.54 bits per heavy atom. The molecule has 24 heavy (non-hydrogen) atoms. The summed E-state index contributed by atoms with van der Waals surface area (Å²) < 4.78 is 15.0. The standard InChI is InChI=1S/C19H16FN3S/c1-2-12-23-18(16-6-4-3-5-7-16)14-24-19(23)22-21-13-15-8-10-17(20)11-9-15/h2-11,13-14H,1,12H2. The Hall–Kier alpha value is -2.79. The summed E-state index contributed by atoms with van der Waals surface area (Å²) in [5.41, 5.74) is 3.01. The van der Waals surface area contributed by atoms with Gasteiger partial charge in [-0.25, -0.2) is 4.39 Å². The summed E-state index contributed by atoms with van der Waals surface area (Å²) in [7, 11) is 0. The Balaban J connectivity index is 1.94. The molecule has 0 radical (unpaired) electrons. The molecule has 0 aliphatic heterocycles. The predicted octanol–water partition coefficient (Wildman–Crippen LogP) is 4.48. The monoisotopic (exact) mass is 337 g/mol. The van der Waals surface area contributed by atoms with Crippen LogP contribution in [0.2, 0.25) is 0 Å². The van der Waals surface area contributed by atoms with Crippen molar-refractivity contribution in [3.8, 4) is 11.3 Å². The van der Waals surface area contributed by atoms with Crippen molar-refractivity contribution in [2.75, 3.05) is 0 Å². The van der Waals surface area contributed by atoms with Gasteiger partial charge in [-0.2, -0.15) is 5.10 Å². The summed E-state index contributed by atoms with van der Waals surface area (Å²) in [4.78, 5) is 0.784. The number of hydrogen-bond acceptors (Lipinski definition) is 3. The fourth-order valence-corrected chi connectivity index (χ4v) is 3.12. The molecule has 0 amide bonds. The van der Waals surface area contributed by atoms with Gasteiger partial charge in [0.25, 0.3) is 0 Å². The normalized spacial score (nSPS) is 12.0. The van der Waals surface area contributed by atoms with E-state index in [0.717, 1.165) is 21.6 Å². The van der Waals surface area contributed by atoms with E-state index in [1.54, 1.807) is 18.3 Å². The molecule has 0 saturated carbocycles. The fraction of sp³-hybridized carbons (Fsp3) is 0.0526. The van der Waals surface area contributed by atoms with E-state index in [9.17, 15) is 4.39 Å². The Labute approximate surface area is 143 Å². The largest absolute Gasteiger partial charge is 0.311 e. The van der Waals surface area contributed by atoms with E-state index < -0.39 is 0 Å². The summed E-state index contributed by atoms with van der Waals surface area (Å²) in [6, 6.07) is 16.3. The number of aromatic nitrogens is 1. The molecule has 0 aliphatic rings. The highest BCUT2D eigenvalue weighted by molar-refractivity contribution is 7.07. The first-order valence-corrected chi connectivity index (χ1v) is 8.33. The second-order valence-electron chi connectivity index (χ2n) is 5.06. The lowest BCUT2D eigenvalue weighted by atomic mass is 10.2. The van der Waals surface area contributed by atoms with Crippen molar-refractivity contribution in [3.63, 3.8) is 0 Å². The van der Waals surface area contributed by atoms with Crippen LogP contribution in [0.4, 0.5) is 4.39 Å². The Morgan fingerprint density at radius 2 is 1.83 bits per heavy atom. The lowest BCUT2D eigenvalue weighted by Crippen LogP contribution is -2.14. The zero-order chi connectivity index (χ0) is 16.8. The zero-order valence-electron chi connectivity index (χ0n) is 13.0. The molecule has 0 N–H and O–H groups in total. The molecule has 3 nitrogen and oxygen atoms in total. The molecule has 1 aromatic heterocycles. The first-order valence-electron chi connectivity index (χ1n) is 7.45. The summed E-state index contributed by atoms with van der Waals surface area (Å²) in [6.07, 6.45) is 3.45. The molecule has 2 aromatic carbocycles. The molecule has 3 rings (SSSR count). The lowest BCUT2D eigenvalue weighted by Gasteiger charge is -2.05. The second kappa shape index (κ2) is 7.66. The van der Waals surface area contributed by atoms with E-state index >= 15 is 0 Å². The topological polar surface area (TPSA) is 29.6 Å². The molecule has 0 aliphatic carbocycles. The number of hydrogen-bond donors (Lipinski definition) is 0. The minimum Gasteiger partial charge on any atom is -0.311 e. The number of nitrogens with zero attached hydrogens (tertiary/aromatic N) is 3. The molecule has 5 heteroatoms. The van der Waals surface area contributed by atoms with Gasteiger partial charge in [0.15, 0.2) is 0 Å². The van der Waals surface area contributed by atoms with Crippen molar-refractivity contribution in [1.29, 1.82) is 0 Å². The van der Waals surface area contributed by atoms with Gasteiger partial charge in [0.2, 0.25) is 4.80 Å². The van der Waals surface area contributed by atoms with Crippen LogP contribution in [-0.4, -0.2) is 10.8 Å². The van der Waals surface area contributed by atoms with Crippen LogP contribution in [0.5, 0.6) is 0 Å². The predicted molar refractivity (Wildman–Crippen MR) is 97.5 cm³/mol. The van der Waals surface area contributed by atoms with Crippen molar-refractivity contribution in [1.82, 2.24) is 4.57 Å². The molecule has 1 heterocycles. The highest BCUT2D eigenvalue weighted by Crippen LogP contribution is 2.19. The third-order valence-corrected chi connectivity index (χ3v) is 4.25. The molecule has 120 valence electrons. The maximum atomic E-state index is 12.9. The molecule has 0 saturated heterocycles. The van der Waals surface area contributed by atoms with Crippen LogP contribution in [0.3, 0.4) is 0 Å². The molecule has 0 spiro atoms.